The molecule has 4 nitrogen and oxygen atoms in total. The fourth-order valence-electron chi connectivity index (χ4n) is 1.52. The third-order valence-electron chi connectivity index (χ3n) is 2.98. The monoisotopic (exact) mass is 251 g/mol. The smallest absolute Gasteiger partial charge is 0.255 e. The lowest BCUT2D eigenvalue weighted by molar-refractivity contribution is 0.0843. The van der Waals surface area contributed by atoms with Gasteiger partial charge in [-0.3, -0.25) is 4.79 Å². The Bertz CT molecular complexity index is 400. The summed E-state index contributed by atoms with van der Waals surface area (Å²) in [7, 11) is 0. The molecule has 0 spiro atoms. The van der Waals surface area contributed by atoms with Crippen LogP contribution in [0.25, 0.3) is 0 Å². The average molecular weight is 251 g/mol. The highest BCUT2D eigenvalue weighted by atomic mass is 16.5. The SMILES string of the molecule is CCOc1ccccc1C(=O)NC(C)(CC)CO. The number of carbonyl (C=O) groups is 1. The van der Waals surface area contributed by atoms with Gasteiger partial charge in [0.25, 0.3) is 5.91 Å². The lowest BCUT2D eigenvalue weighted by atomic mass is 9.99. The van der Waals surface area contributed by atoms with Crippen molar-refractivity contribution in [2.45, 2.75) is 32.7 Å². The molecule has 1 aromatic carbocycles. The van der Waals surface area contributed by atoms with Crippen LogP contribution in [-0.2, 0) is 0 Å². The molecule has 1 atom stereocenters. The zero-order chi connectivity index (χ0) is 13.6. The molecule has 0 heterocycles. The molecule has 0 saturated heterocycles. The number of amides is 1. The summed E-state index contributed by atoms with van der Waals surface area (Å²) in [6.07, 6.45) is 0.659. The van der Waals surface area contributed by atoms with E-state index < -0.39 is 5.54 Å². The second kappa shape index (κ2) is 6.40. The van der Waals surface area contributed by atoms with E-state index in [2.05, 4.69) is 5.32 Å². The maximum absolute atomic E-state index is 12.2. The molecule has 0 fully saturated rings. The Morgan fingerprint density at radius 1 is 1.39 bits per heavy atom. The number of carbonyl (C=O) groups excluding carboxylic acids is 1. The van der Waals surface area contributed by atoms with Crippen LogP contribution < -0.4 is 10.1 Å². The van der Waals surface area contributed by atoms with Gasteiger partial charge in [0.2, 0.25) is 0 Å². The van der Waals surface area contributed by atoms with E-state index in [1.807, 2.05) is 26.8 Å². The number of hydrogen-bond acceptors (Lipinski definition) is 3. The molecule has 0 saturated carbocycles. The Morgan fingerprint density at radius 3 is 2.61 bits per heavy atom. The molecule has 0 aliphatic heterocycles. The minimum absolute atomic E-state index is 0.0912. The summed E-state index contributed by atoms with van der Waals surface area (Å²) in [5.41, 5.74) is -0.108. The number of para-hydroxylation sites is 1. The van der Waals surface area contributed by atoms with Crippen LogP contribution in [-0.4, -0.2) is 29.8 Å². The van der Waals surface area contributed by atoms with Gasteiger partial charge >= 0.3 is 0 Å². The number of aliphatic hydroxyl groups is 1. The fraction of sp³-hybridized carbons (Fsp3) is 0.500. The minimum atomic E-state index is -0.601. The molecule has 100 valence electrons. The first-order valence-electron chi connectivity index (χ1n) is 6.21. The summed E-state index contributed by atoms with van der Waals surface area (Å²) in [6.45, 7) is 6.03. The number of hydrogen-bond donors (Lipinski definition) is 2. The summed E-state index contributed by atoms with van der Waals surface area (Å²) in [5, 5.41) is 12.1. The molecule has 1 unspecified atom stereocenters. The van der Waals surface area contributed by atoms with Gasteiger partial charge in [0.05, 0.1) is 24.3 Å². The number of benzene rings is 1. The predicted molar refractivity (Wildman–Crippen MR) is 70.9 cm³/mol. The van der Waals surface area contributed by atoms with Crippen LogP contribution in [0.2, 0.25) is 0 Å². The number of nitrogens with one attached hydrogen (secondary N) is 1. The third kappa shape index (κ3) is 3.47. The second-order valence-corrected chi connectivity index (χ2v) is 4.46. The molecule has 4 heteroatoms. The Morgan fingerprint density at radius 2 is 2.06 bits per heavy atom. The average Bonchev–Trinajstić information content (AvgIpc) is 2.39. The van der Waals surface area contributed by atoms with E-state index in [0.717, 1.165) is 0 Å². The molecule has 0 aromatic heterocycles. The van der Waals surface area contributed by atoms with E-state index in [1.54, 1.807) is 18.2 Å². The Kier molecular flexibility index (Phi) is 5.16. The van der Waals surface area contributed by atoms with Crippen molar-refractivity contribution in [3.63, 3.8) is 0 Å². The van der Waals surface area contributed by atoms with Crippen LogP contribution in [0.3, 0.4) is 0 Å². The quantitative estimate of drug-likeness (QED) is 0.812. The van der Waals surface area contributed by atoms with Crippen molar-refractivity contribution in [3.05, 3.63) is 29.8 Å². The van der Waals surface area contributed by atoms with Crippen LogP contribution in [0.1, 0.15) is 37.6 Å². The fourth-order valence-corrected chi connectivity index (χ4v) is 1.52. The summed E-state index contributed by atoms with van der Waals surface area (Å²) < 4.78 is 5.42. The van der Waals surface area contributed by atoms with Crippen LogP contribution in [0.15, 0.2) is 24.3 Å². The number of rotatable bonds is 6. The Balaban J connectivity index is 2.90. The maximum Gasteiger partial charge on any atom is 0.255 e. The molecule has 1 aromatic rings. The standard InChI is InChI=1S/C14H21NO3/c1-4-14(3,10-16)15-13(17)11-8-6-7-9-12(11)18-5-2/h6-9,16H,4-5,10H2,1-3H3,(H,15,17). The third-order valence-corrected chi connectivity index (χ3v) is 2.98. The van der Waals surface area contributed by atoms with Crippen molar-refractivity contribution in [2.75, 3.05) is 13.2 Å². The lowest BCUT2D eigenvalue weighted by Crippen LogP contribution is -2.48. The highest BCUT2D eigenvalue weighted by Crippen LogP contribution is 2.19. The van der Waals surface area contributed by atoms with Crippen molar-refractivity contribution in [1.29, 1.82) is 0 Å². The highest BCUT2D eigenvalue weighted by Gasteiger charge is 2.25. The summed E-state index contributed by atoms with van der Waals surface area (Å²) >= 11 is 0. The second-order valence-electron chi connectivity index (χ2n) is 4.46. The lowest BCUT2D eigenvalue weighted by Gasteiger charge is -2.27. The van der Waals surface area contributed by atoms with Gasteiger partial charge in [-0.2, -0.15) is 0 Å². The van der Waals surface area contributed by atoms with Crippen molar-refractivity contribution >= 4 is 5.91 Å². The highest BCUT2D eigenvalue weighted by molar-refractivity contribution is 5.97. The van der Waals surface area contributed by atoms with Gasteiger partial charge in [-0.25, -0.2) is 0 Å². The van der Waals surface area contributed by atoms with Gasteiger partial charge in [-0.05, 0) is 32.4 Å². The van der Waals surface area contributed by atoms with Crippen LogP contribution >= 0.6 is 0 Å². The van der Waals surface area contributed by atoms with E-state index >= 15 is 0 Å². The van der Waals surface area contributed by atoms with E-state index in [9.17, 15) is 9.90 Å². The van der Waals surface area contributed by atoms with Crippen molar-refractivity contribution in [3.8, 4) is 5.75 Å². The molecule has 0 aliphatic carbocycles. The van der Waals surface area contributed by atoms with Crippen molar-refractivity contribution in [1.82, 2.24) is 5.32 Å². The largest absolute Gasteiger partial charge is 0.493 e. The summed E-state index contributed by atoms with van der Waals surface area (Å²) in [4.78, 5) is 12.2. The van der Waals surface area contributed by atoms with Gasteiger partial charge in [0.15, 0.2) is 0 Å². The van der Waals surface area contributed by atoms with E-state index in [-0.39, 0.29) is 12.5 Å². The molecule has 1 amide bonds. The van der Waals surface area contributed by atoms with Gasteiger partial charge in [-0.15, -0.1) is 0 Å². The van der Waals surface area contributed by atoms with Gasteiger partial charge in [0, 0.05) is 0 Å². The number of ether oxygens (including phenoxy) is 1. The molecular weight excluding hydrogens is 230 g/mol. The molecular formula is C14H21NO3. The van der Waals surface area contributed by atoms with E-state index in [4.69, 9.17) is 4.74 Å². The first kappa shape index (κ1) is 14.5. The Labute approximate surface area is 108 Å². The maximum atomic E-state index is 12.2. The normalized spacial score (nSPS) is 13.8. The predicted octanol–water partition coefficient (Wildman–Crippen LogP) is 1.98. The minimum Gasteiger partial charge on any atom is -0.493 e. The van der Waals surface area contributed by atoms with Gasteiger partial charge in [-0.1, -0.05) is 19.1 Å². The van der Waals surface area contributed by atoms with Crippen LogP contribution in [0.5, 0.6) is 5.75 Å². The summed E-state index contributed by atoms with van der Waals surface area (Å²) in [5.74, 6) is 0.339. The van der Waals surface area contributed by atoms with Crippen LogP contribution in [0, 0.1) is 0 Å². The van der Waals surface area contributed by atoms with Crippen molar-refractivity contribution < 1.29 is 14.6 Å². The topological polar surface area (TPSA) is 58.6 Å². The molecule has 1 rings (SSSR count). The van der Waals surface area contributed by atoms with E-state index in [0.29, 0.717) is 24.3 Å². The molecule has 0 aliphatic rings. The summed E-state index contributed by atoms with van der Waals surface area (Å²) in [6, 6.07) is 7.10. The zero-order valence-electron chi connectivity index (χ0n) is 11.2. The molecule has 0 radical (unpaired) electrons. The van der Waals surface area contributed by atoms with E-state index in [1.165, 1.54) is 0 Å². The molecule has 0 bridgehead atoms. The number of aliphatic hydroxyl groups excluding tert-OH is 1. The van der Waals surface area contributed by atoms with Gasteiger partial charge in [0.1, 0.15) is 5.75 Å². The first-order valence-corrected chi connectivity index (χ1v) is 6.21. The van der Waals surface area contributed by atoms with Crippen molar-refractivity contribution in [2.24, 2.45) is 0 Å². The van der Waals surface area contributed by atoms with Gasteiger partial charge < -0.3 is 15.2 Å². The first-order chi connectivity index (χ1) is 8.56. The van der Waals surface area contributed by atoms with Crippen LogP contribution in [0.4, 0.5) is 0 Å². The molecule has 2 N–H and O–H groups in total. The Hall–Kier alpha value is -1.55. The zero-order valence-corrected chi connectivity index (χ0v) is 11.2. The molecule has 18 heavy (non-hydrogen) atoms.